The van der Waals surface area contributed by atoms with Gasteiger partial charge in [0.25, 0.3) is 0 Å². The number of benzene rings is 1. The minimum atomic E-state index is 0.179. The summed E-state index contributed by atoms with van der Waals surface area (Å²) >= 11 is 4.69. The highest BCUT2D eigenvalue weighted by Gasteiger charge is 2.35. The highest BCUT2D eigenvalue weighted by Crippen LogP contribution is 2.41. The molecule has 0 N–H and O–H groups in total. The average Bonchev–Trinajstić information content (AvgIpc) is 2.86. The Bertz CT molecular complexity index is 414. The predicted octanol–water partition coefficient (Wildman–Crippen LogP) is 3.61. The monoisotopic (exact) mass is 247 g/mol. The first-order valence-electron chi connectivity index (χ1n) is 5.99. The van der Waals surface area contributed by atoms with E-state index in [-0.39, 0.29) is 5.41 Å². The lowest BCUT2D eigenvalue weighted by atomic mass is 9.79. The van der Waals surface area contributed by atoms with E-state index in [1.807, 2.05) is 12.1 Å². The Morgan fingerprint density at radius 1 is 1.29 bits per heavy atom. The Balaban J connectivity index is 2.28. The van der Waals surface area contributed by atoms with Crippen molar-refractivity contribution in [2.45, 2.75) is 31.1 Å². The van der Waals surface area contributed by atoms with Crippen molar-refractivity contribution in [2.75, 3.05) is 13.7 Å². The second kappa shape index (κ2) is 5.44. The molecule has 0 atom stereocenters. The summed E-state index contributed by atoms with van der Waals surface area (Å²) in [5.74, 6) is 0.903. The van der Waals surface area contributed by atoms with Crippen LogP contribution in [0.2, 0.25) is 0 Å². The molecule has 1 aliphatic carbocycles. The second-order valence-corrected chi connectivity index (χ2v) is 4.81. The number of methoxy groups -OCH3 is 1. The van der Waals surface area contributed by atoms with Crippen LogP contribution in [0.5, 0.6) is 5.75 Å². The Morgan fingerprint density at radius 3 is 2.47 bits per heavy atom. The summed E-state index contributed by atoms with van der Waals surface area (Å²) in [6, 6.07) is 8.36. The predicted molar refractivity (Wildman–Crippen MR) is 73.0 cm³/mol. The SMILES string of the molecule is COc1ccc(C2(CN=C=S)CCCC2)cc1. The molecule has 0 bridgehead atoms. The van der Waals surface area contributed by atoms with E-state index >= 15 is 0 Å². The van der Waals surface area contributed by atoms with Crippen molar-refractivity contribution in [2.24, 2.45) is 4.99 Å². The number of aliphatic imine (C=N–C) groups is 1. The maximum absolute atomic E-state index is 5.19. The van der Waals surface area contributed by atoms with Crippen LogP contribution in [0.1, 0.15) is 31.2 Å². The van der Waals surface area contributed by atoms with Crippen LogP contribution in [0.4, 0.5) is 0 Å². The fraction of sp³-hybridized carbons (Fsp3) is 0.500. The van der Waals surface area contributed by atoms with Gasteiger partial charge in [-0.3, -0.25) is 0 Å². The summed E-state index contributed by atoms with van der Waals surface area (Å²) in [4.78, 5) is 4.18. The van der Waals surface area contributed by atoms with Gasteiger partial charge in [-0.25, -0.2) is 4.99 Å². The van der Waals surface area contributed by atoms with E-state index in [1.165, 1.54) is 31.2 Å². The van der Waals surface area contributed by atoms with Gasteiger partial charge in [-0.15, -0.1) is 0 Å². The van der Waals surface area contributed by atoms with E-state index < -0.39 is 0 Å². The Kier molecular flexibility index (Phi) is 3.93. The lowest BCUT2D eigenvalue weighted by molar-refractivity contribution is 0.412. The number of hydrogen-bond donors (Lipinski definition) is 0. The molecule has 1 saturated carbocycles. The van der Waals surface area contributed by atoms with Gasteiger partial charge >= 0.3 is 0 Å². The molecule has 1 fully saturated rings. The van der Waals surface area contributed by atoms with Gasteiger partial charge in [0.15, 0.2) is 0 Å². The zero-order valence-electron chi connectivity index (χ0n) is 10.1. The first kappa shape index (κ1) is 12.3. The van der Waals surface area contributed by atoms with Crippen molar-refractivity contribution in [1.29, 1.82) is 0 Å². The Morgan fingerprint density at radius 2 is 1.94 bits per heavy atom. The number of nitrogens with zero attached hydrogens (tertiary/aromatic N) is 1. The fourth-order valence-electron chi connectivity index (χ4n) is 2.72. The summed E-state index contributed by atoms with van der Waals surface area (Å²) in [6.07, 6.45) is 4.94. The molecule has 0 radical (unpaired) electrons. The van der Waals surface area contributed by atoms with E-state index in [2.05, 4.69) is 34.5 Å². The summed E-state index contributed by atoms with van der Waals surface area (Å²) in [5.41, 5.74) is 1.53. The Labute approximate surface area is 108 Å². The van der Waals surface area contributed by atoms with E-state index in [1.54, 1.807) is 7.11 Å². The minimum Gasteiger partial charge on any atom is -0.497 e. The van der Waals surface area contributed by atoms with Crippen molar-refractivity contribution in [3.05, 3.63) is 29.8 Å². The lowest BCUT2D eigenvalue weighted by Crippen LogP contribution is -2.25. The number of hydrogen-bond acceptors (Lipinski definition) is 3. The molecule has 1 aliphatic rings. The number of isothiocyanates is 1. The molecule has 0 aromatic heterocycles. The number of thiocarbonyl (C=S) groups is 1. The van der Waals surface area contributed by atoms with Gasteiger partial charge < -0.3 is 4.74 Å². The third-order valence-corrected chi connectivity index (χ3v) is 3.84. The standard InChI is InChI=1S/C14H17NOS/c1-16-13-6-4-12(5-7-13)14(10-15-11-17)8-2-3-9-14/h4-7H,2-3,8-10H2,1H3. The van der Waals surface area contributed by atoms with Crippen LogP contribution < -0.4 is 4.74 Å². The maximum atomic E-state index is 5.19. The summed E-state index contributed by atoms with van der Waals surface area (Å²) < 4.78 is 5.19. The smallest absolute Gasteiger partial charge is 0.118 e. The molecule has 0 amide bonds. The van der Waals surface area contributed by atoms with Gasteiger partial charge in [0.05, 0.1) is 18.8 Å². The highest BCUT2D eigenvalue weighted by atomic mass is 32.1. The molecular formula is C14H17NOS. The summed E-state index contributed by atoms with van der Waals surface area (Å²) in [6.45, 7) is 0.767. The zero-order chi connectivity index (χ0) is 12.1. The van der Waals surface area contributed by atoms with Gasteiger partial charge in [0, 0.05) is 5.41 Å². The van der Waals surface area contributed by atoms with Crippen molar-refractivity contribution < 1.29 is 4.74 Å². The molecule has 0 aliphatic heterocycles. The van der Waals surface area contributed by atoms with Crippen molar-refractivity contribution in [3.8, 4) is 5.75 Å². The first-order valence-corrected chi connectivity index (χ1v) is 6.40. The lowest BCUT2D eigenvalue weighted by Gasteiger charge is -2.27. The van der Waals surface area contributed by atoms with Gasteiger partial charge in [-0.05, 0) is 42.8 Å². The van der Waals surface area contributed by atoms with Crippen LogP contribution in [0.15, 0.2) is 29.3 Å². The molecule has 1 aromatic rings. The van der Waals surface area contributed by atoms with Gasteiger partial charge in [-0.1, -0.05) is 25.0 Å². The molecule has 0 spiro atoms. The minimum absolute atomic E-state index is 0.179. The third kappa shape index (κ3) is 2.56. The zero-order valence-corrected chi connectivity index (χ0v) is 10.9. The van der Waals surface area contributed by atoms with E-state index in [0.717, 1.165) is 12.3 Å². The van der Waals surface area contributed by atoms with Crippen LogP contribution in [0, 0.1) is 0 Å². The molecule has 3 heteroatoms. The molecule has 0 saturated heterocycles. The van der Waals surface area contributed by atoms with E-state index in [4.69, 9.17) is 4.74 Å². The van der Waals surface area contributed by atoms with Crippen LogP contribution in [-0.4, -0.2) is 18.8 Å². The molecule has 2 nitrogen and oxygen atoms in total. The fourth-order valence-corrected chi connectivity index (χ4v) is 2.78. The van der Waals surface area contributed by atoms with E-state index in [9.17, 15) is 0 Å². The summed E-state index contributed by atoms with van der Waals surface area (Å²) in [7, 11) is 1.69. The van der Waals surface area contributed by atoms with Gasteiger partial charge in [0.1, 0.15) is 5.75 Å². The van der Waals surface area contributed by atoms with Crippen molar-refractivity contribution in [3.63, 3.8) is 0 Å². The van der Waals surface area contributed by atoms with Crippen molar-refractivity contribution in [1.82, 2.24) is 0 Å². The topological polar surface area (TPSA) is 21.6 Å². The summed E-state index contributed by atoms with van der Waals surface area (Å²) in [5, 5.41) is 2.50. The quantitative estimate of drug-likeness (QED) is 0.599. The molecule has 2 rings (SSSR count). The molecule has 1 aromatic carbocycles. The maximum Gasteiger partial charge on any atom is 0.118 e. The highest BCUT2D eigenvalue weighted by molar-refractivity contribution is 7.78. The molecular weight excluding hydrogens is 230 g/mol. The van der Waals surface area contributed by atoms with Crippen LogP contribution in [0.3, 0.4) is 0 Å². The first-order chi connectivity index (χ1) is 8.30. The molecule has 0 unspecified atom stereocenters. The van der Waals surface area contributed by atoms with Gasteiger partial charge in [-0.2, -0.15) is 0 Å². The second-order valence-electron chi connectivity index (χ2n) is 4.62. The number of rotatable bonds is 4. The third-order valence-electron chi connectivity index (χ3n) is 3.71. The van der Waals surface area contributed by atoms with Gasteiger partial charge in [0.2, 0.25) is 0 Å². The Hall–Kier alpha value is -1.18. The van der Waals surface area contributed by atoms with E-state index in [0.29, 0.717) is 0 Å². The van der Waals surface area contributed by atoms with Crippen LogP contribution >= 0.6 is 12.2 Å². The van der Waals surface area contributed by atoms with Crippen molar-refractivity contribution >= 4 is 17.4 Å². The van der Waals surface area contributed by atoms with Crippen LogP contribution in [0.25, 0.3) is 0 Å². The molecule has 17 heavy (non-hydrogen) atoms. The largest absolute Gasteiger partial charge is 0.497 e. The average molecular weight is 247 g/mol. The number of ether oxygens (including phenoxy) is 1. The molecule has 90 valence electrons. The van der Waals surface area contributed by atoms with Crippen LogP contribution in [-0.2, 0) is 5.41 Å². The normalized spacial score (nSPS) is 17.5. The molecule has 0 heterocycles.